The molecule has 152 valence electrons. The molecule has 3 aromatic rings. The monoisotopic (exact) mass is 397 g/mol. The van der Waals surface area contributed by atoms with Crippen molar-refractivity contribution in [2.45, 2.75) is 26.8 Å². The smallest absolute Gasteiger partial charge is 0.359 e. The highest BCUT2D eigenvalue weighted by Crippen LogP contribution is 2.13. The molecule has 0 radical (unpaired) electrons. The van der Waals surface area contributed by atoms with Crippen molar-refractivity contribution >= 4 is 22.6 Å². The van der Waals surface area contributed by atoms with Crippen molar-refractivity contribution in [2.75, 3.05) is 13.2 Å². The number of carbonyl (C=O) groups excluding carboxylic acids is 2. The number of fused-ring (bicyclic) bond motifs is 1. The average Bonchev–Trinajstić information content (AvgIpc) is 3.03. The maximum absolute atomic E-state index is 12.4. The number of hydrogen-bond donors (Lipinski definition) is 1. The Hall–Kier alpha value is -3.49. The Morgan fingerprint density at radius 2 is 1.86 bits per heavy atom. The number of carbonyl (C=O) groups is 2. The lowest BCUT2D eigenvalue weighted by Crippen LogP contribution is -2.31. The molecule has 3 rings (SSSR count). The number of hydrogen-bond acceptors (Lipinski definition) is 6. The minimum atomic E-state index is -0.755. The van der Waals surface area contributed by atoms with E-state index in [0.29, 0.717) is 30.3 Å². The lowest BCUT2D eigenvalue weighted by Gasteiger charge is -2.09. The second-order valence-electron chi connectivity index (χ2n) is 6.75. The number of aromatic nitrogens is 4. The third-order valence-electron chi connectivity index (χ3n) is 4.46. The summed E-state index contributed by atoms with van der Waals surface area (Å²) >= 11 is 0. The van der Waals surface area contributed by atoms with Gasteiger partial charge in [0.25, 0.3) is 11.5 Å². The number of benzene rings is 1. The van der Waals surface area contributed by atoms with Gasteiger partial charge in [-0.15, -0.1) is 0 Å². The molecule has 1 amide bonds. The Balaban J connectivity index is 1.52. The van der Waals surface area contributed by atoms with E-state index >= 15 is 0 Å². The zero-order valence-corrected chi connectivity index (χ0v) is 16.6. The Morgan fingerprint density at radius 3 is 2.55 bits per heavy atom. The number of nitrogens with zero attached hydrogens (tertiary/aromatic N) is 4. The predicted octanol–water partition coefficient (Wildman–Crippen LogP) is 1.11. The van der Waals surface area contributed by atoms with E-state index in [0.717, 1.165) is 16.1 Å². The van der Waals surface area contributed by atoms with Crippen LogP contribution in [-0.2, 0) is 23.1 Å². The van der Waals surface area contributed by atoms with Crippen molar-refractivity contribution < 1.29 is 14.3 Å². The number of rotatable bonds is 7. The van der Waals surface area contributed by atoms with Gasteiger partial charge in [0.15, 0.2) is 12.3 Å². The van der Waals surface area contributed by atoms with Crippen LogP contribution in [0, 0.1) is 13.8 Å². The van der Waals surface area contributed by atoms with E-state index in [1.807, 2.05) is 24.6 Å². The second-order valence-corrected chi connectivity index (χ2v) is 6.75. The molecule has 1 aromatic carbocycles. The summed E-state index contributed by atoms with van der Waals surface area (Å²) in [6.45, 7) is 4.62. The number of esters is 1. The van der Waals surface area contributed by atoms with E-state index in [9.17, 15) is 14.4 Å². The van der Waals surface area contributed by atoms with Crippen LogP contribution in [0.4, 0.5) is 0 Å². The van der Waals surface area contributed by atoms with Crippen LogP contribution in [0.1, 0.15) is 28.3 Å². The Bertz CT molecular complexity index is 1120. The number of amides is 1. The standard InChI is InChI=1S/C20H23N5O4/c1-13-11-14(2)25(22-13)10-6-9-21-17(26)12-29-20(28)18-15-7-4-5-8-16(15)19(27)24(3)23-18/h4-5,7-8,11H,6,9-10,12H2,1-3H3,(H,21,26). The Kier molecular flexibility index (Phi) is 6.06. The molecule has 0 unspecified atom stereocenters. The third-order valence-corrected chi connectivity index (χ3v) is 4.46. The van der Waals surface area contributed by atoms with Gasteiger partial charge < -0.3 is 10.1 Å². The first-order valence-electron chi connectivity index (χ1n) is 9.27. The summed E-state index contributed by atoms with van der Waals surface area (Å²) in [5, 5.41) is 11.8. The number of nitrogens with one attached hydrogen (secondary N) is 1. The highest BCUT2D eigenvalue weighted by Gasteiger charge is 2.18. The molecular weight excluding hydrogens is 374 g/mol. The second kappa shape index (κ2) is 8.68. The average molecular weight is 397 g/mol. The van der Waals surface area contributed by atoms with Gasteiger partial charge in [0.2, 0.25) is 0 Å². The van der Waals surface area contributed by atoms with Crippen LogP contribution in [-0.4, -0.2) is 44.6 Å². The summed E-state index contributed by atoms with van der Waals surface area (Å²) in [5.74, 6) is -1.16. The maximum atomic E-state index is 12.4. The molecule has 9 nitrogen and oxygen atoms in total. The van der Waals surface area contributed by atoms with Crippen molar-refractivity contribution in [1.82, 2.24) is 24.9 Å². The van der Waals surface area contributed by atoms with Gasteiger partial charge in [0, 0.05) is 31.2 Å². The first kappa shape index (κ1) is 20.2. The maximum Gasteiger partial charge on any atom is 0.359 e. The van der Waals surface area contributed by atoms with Gasteiger partial charge in [-0.05, 0) is 32.4 Å². The van der Waals surface area contributed by atoms with Crippen LogP contribution in [0.3, 0.4) is 0 Å². The Labute approximate surface area is 167 Å². The molecular formula is C20H23N5O4. The summed E-state index contributed by atoms with van der Waals surface area (Å²) in [7, 11) is 1.46. The topological polar surface area (TPSA) is 108 Å². The molecule has 29 heavy (non-hydrogen) atoms. The molecule has 0 saturated carbocycles. The van der Waals surface area contributed by atoms with Crippen LogP contribution in [0.5, 0.6) is 0 Å². The molecule has 9 heteroatoms. The molecule has 0 aliphatic rings. The molecule has 2 aromatic heterocycles. The van der Waals surface area contributed by atoms with E-state index < -0.39 is 18.5 Å². The number of ether oxygens (including phenoxy) is 1. The largest absolute Gasteiger partial charge is 0.451 e. The lowest BCUT2D eigenvalue weighted by molar-refractivity contribution is -0.124. The van der Waals surface area contributed by atoms with Gasteiger partial charge in [0.05, 0.1) is 11.1 Å². The van der Waals surface area contributed by atoms with Gasteiger partial charge in [0.1, 0.15) is 0 Å². The van der Waals surface area contributed by atoms with Crippen LogP contribution < -0.4 is 10.9 Å². The van der Waals surface area contributed by atoms with Crippen LogP contribution in [0.15, 0.2) is 35.1 Å². The molecule has 2 heterocycles. The van der Waals surface area contributed by atoms with Crippen molar-refractivity contribution in [1.29, 1.82) is 0 Å². The van der Waals surface area contributed by atoms with Gasteiger partial charge in [-0.1, -0.05) is 18.2 Å². The fourth-order valence-corrected chi connectivity index (χ4v) is 3.06. The summed E-state index contributed by atoms with van der Waals surface area (Å²) in [5.41, 5.74) is 1.72. The summed E-state index contributed by atoms with van der Waals surface area (Å²) in [6, 6.07) is 8.65. The highest BCUT2D eigenvalue weighted by atomic mass is 16.5. The molecule has 0 atom stereocenters. The van der Waals surface area contributed by atoms with E-state index in [-0.39, 0.29) is 11.3 Å². The molecule has 0 aliphatic heterocycles. The molecule has 0 aliphatic carbocycles. The third kappa shape index (κ3) is 4.68. The fourth-order valence-electron chi connectivity index (χ4n) is 3.06. The van der Waals surface area contributed by atoms with Crippen molar-refractivity contribution in [3.8, 4) is 0 Å². The minimum absolute atomic E-state index is 0.0000252. The molecule has 0 saturated heterocycles. The van der Waals surface area contributed by atoms with Gasteiger partial charge in [-0.25, -0.2) is 9.48 Å². The molecule has 0 bridgehead atoms. The zero-order chi connectivity index (χ0) is 21.0. The SMILES string of the molecule is Cc1cc(C)n(CCCNC(=O)COC(=O)c2nn(C)c(=O)c3ccccc23)n1. The van der Waals surface area contributed by atoms with Gasteiger partial charge >= 0.3 is 5.97 Å². The first-order valence-corrected chi connectivity index (χ1v) is 9.27. The molecule has 1 N–H and O–H groups in total. The van der Waals surface area contributed by atoms with E-state index in [1.54, 1.807) is 24.3 Å². The normalized spacial score (nSPS) is 10.9. The summed E-state index contributed by atoms with van der Waals surface area (Å²) in [6.07, 6.45) is 0.703. The predicted molar refractivity (Wildman–Crippen MR) is 107 cm³/mol. The van der Waals surface area contributed by atoms with Crippen LogP contribution in [0.25, 0.3) is 10.8 Å². The Morgan fingerprint density at radius 1 is 1.14 bits per heavy atom. The molecule has 0 fully saturated rings. The van der Waals surface area contributed by atoms with Gasteiger partial charge in [-0.2, -0.15) is 10.2 Å². The molecule has 0 spiro atoms. The summed E-state index contributed by atoms with van der Waals surface area (Å²) in [4.78, 5) is 36.5. The van der Waals surface area contributed by atoms with Crippen LogP contribution in [0.2, 0.25) is 0 Å². The van der Waals surface area contributed by atoms with E-state index in [1.165, 1.54) is 7.05 Å². The van der Waals surface area contributed by atoms with Crippen molar-refractivity contribution in [3.05, 3.63) is 57.8 Å². The fraction of sp³-hybridized carbons (Fsp3) is 0.350. The number of aryl methyl sites for hydroxylation is 4. The van der Waals surface area contributed by atoms with Crippen molar-refractivity contribution in [3.63, 3.8) is 0 Å². The highest BCUT2D eigenvalue weighted by molar-refractivity contribution is 6.02. The van der Waals surface area contributed by atoms with Crippen LogP contribution >= 0.6 is 0 Å². The van der Waals surface area contributed by atoms with Gasteiger partial charge in [-0.3, -0.25) is 14.3 Å². The van der Waals surface area contributed by atoms with E-state index in [4.69, 9.17) is 4.74 Å². The van der Waals surface area contributed by atoms with Crippen molar-refractivity contribution in [2.24, 2.45) is 7.05 Å². The zero-order valence-electron chi connectivity index (χ0n) is 16.6. The minimum Gasteiger partial charge on any atom is -0.451 e. The lowest BCUT2D eigenvalue weighted by atomic mass is 10.1. The summed E-state index contributed by atoms with van der Waals surface area (Å²) < 4.78 is 8.05. The quantitative estimate of drug-likeness (QED) is 0.473. The van der Waals surface area contributed by atoms with E-state index in [2.05, 4.69) is 15.5 Å². The first-order chi connectivity index (χ1) is 13.9.